The molecule has 0 aliphatic carbocycles. The van der Waals surface area contributed by atoms with E-state index < -0.39 is 5.97 Å². The lowest BCUT2D eigenvalue weighted by Gasteiger charge is -2.19. The van der Waals surface area contributed by atoms with E-state index in [0.717, 1.165) is 23.9 Å². The van der Waals surface area contributed by atoms with Gasteiger partial charge in [-0.25, -0.2) is 4.79 Å². The molecule has 1 fully saturated rings. The number of hydrogen-bond donors (Lipinski definition) is 2. The minimum Gasteiger partial charge on any atom is -0.460 e. The summed E-state index contributed by atoms with van der Waals surface area (Å²) in [4.78, 5) is 24.7. The minimum atomic E-state index is -0.495. The third-order valence-electron chi connectivity index (χ3n) is 4.99. The first kappa shape index (κ1) is 18.3. The highest BCUT2D eigenvalue weighted by Gasteiger charge is 2.33. The predicted molar refractivity (Wildman–Crippen MR) is 106 cm³/mol. The Bertz CT molecular complexity index is 996. The number of furan rings is 1. The van der Waals surface area contributed by atoms with Crippen LogP contribution in [0.15, 0.2) is 59.0 Å². The van der Waals surface area contributed by atoms with Gasteiger partial charge in [0, 0.05) is 17.0 Å². The number of ether oxygens (including phenoxy) is 1. The number of amides is 1. The molecule has 3 aromatic rings. The number of rotatable bonds is 5. The molecule has 1 aliphatic rings. The number of hydrogen-bond acceptors (Lipinski definition) is 5. The lowest BCUT2D eigenvalue weighted by molar-refractivity contribution is -0.118. The molecule has 144 valence electrons. The Morgan fingerprint density at radius 1 is 1.18 bits per heavy atom. The van der Waals surface area contributed by atoms with Crippen LogP contribution >= 0.6 is 0 Å². The molecule has 0 radical (unpaired) electrons. The monoisotopic (exact) mass is 378 g/mol. The molecule has 0 saturated carbocycles. The molecule has 0 spiro atoms. The van der Waals surface area contributed by atoms with Crippen molar-refractivity contribution < 1.29 is 18.7 Å². The van der Waals surface area contributed by atoms with E-state index in [4.69, 9.17) is 9.15 Å². The molecular weight excluding hydrogens is 356 g/mol. The number of carbonyl (C=O) groups is 2. The van der Waals surface area contributed by atoms with Crippen molar-refractivity contribution in [2.45, 2.75) is 25.3 Å². The van der Waals surface area contributed by atoms with Crippen molar-refractivity contribution in [2.24, 2.45) is 0 Å². The smallest absolute Gasteiger partial charge is 0.374 e. The van der Waals surface area contributed by atoms with Crippen LogP contribution in [0.4, 0.5) is 5.69 Å². The van der Waals surface area contributed by atoms with Gasteiger partial charge in [-0.15, -0.1) is 0 Å². The molecule has 6 heteroatoms. The Labute approximate surface area is 162 Å². The summed E-state index contributed by atoms with van der Waals surface area (Å²) in [6.07, 6.45) is 0.922. The summed E-state index contributed by atoms with van der Waals surface area (Å²) in [6, 6.07) is 16.8. The van der Waals surface area contributed by atoms with Crippen LogP contribution in [-0.2, 0) is 9.53 Å². The molecule has 6 nitrogen and oxygen atoms in total. The molecule has 2 aromatic carbocycles. The van der Waals surface area contributed by atoms with Crippen molar-refractivity contribution in [3.8, 4) is 0 Å². The lowest BCUT2D eigenvalue weighted by atomic mass is 9.91. The van der Waals surface area contributed by atoms with Crippen LogP contribution in [0.3, 0.4) is 0 Å². The Kier molecular flexibility index (Phi) is 5.12. The van der Waals surface area contributed by atoms with Gasteiger partial charge in [-0.2, -0.15) is 0 Å². The first-order chi connectivity index (χ1) is 13.7. The van der Waals surface area contributed by atoms with Gasteiger partial charge < -0.3 is 19.8 Å². The summed E-state index contributed by atoms with van der Waals surface area (Å²) in [5.41, 5.74) is 2.40. The van der Waals surface area contributed by atoms with Crippen LogP contribution in [0.2, 0.25) is 0 Å². The number of anilines is 1. The topological polar surface area (TPSA) is 80.6 Å². The maximum absolute atomic E-state index is 12.9. The maximum atomic E-state index is 12.9. The van der Waals surface area contributed by atoms with Gasteiger partial charge in [-0.3, -0.25) is 4.79 Å². The van der Waals surface area contributed by atoms with E-state index in [1.54, 1.807) is 31.2 Å². The first-order valence-corrected chi connectivity index (χ1v) is 9.45. The molecule has 1 amide bonds. The van der Waals surface area contributed by atoms with Gasteiger partial charge in [0.15, 0.2) is 0 Å². The van der Waals surface area contributed by atoms with Crippen LogP contribution in [0, 0.1) is 0 Å². The molecule has 1 saturated heterocycles. The van der Waals surface area contributed by atoms with Crippen molar-refractivity contribution in [3.63, 3.8) is 0 Å². The number of benzene rings is 2. The quantitative estimate of drug-likeness (QED) is 0.662. The summed E-state index contributed by atoms with van der Waals surface area (Å²) in [5, 5.41) is 7.02. The lowest BCUT2D eigenvalue weighted by Crippen LogP contribution is -2.39. The summed E-state index contributed by atoms with van der Waals surface area (Å²) >= 11 is 0. The Balaban J connectivity index is 1.51. The van der Waals surface area contributed by atoms with E-state index in [2.05, 4.69) is 22.8 Å². The van der Waals surface area contributed by atoms with Gasteiger partial charge in [0.25, 0.3) is 0 Å². The molecule has 28 heavy (non-hydrogen) atoms. The molecular formula is C22H22N2O4. The summed E-state index contributed by atoms with van der Waals surface area (Å²) < 4.78 is 10.5. The number of esters is 1. The minimum absolute atomic E-state index is 0.0696. The van der Waals surface area contributed by atoms with E-state index in [1.165, 1.54) is 0 Å². The second-order valence-electron chi connectivity index (χ2n) is 6.81. The van der Waals surface area contributed by atoms with Crippen molar-refractivity contribution >= 4 is 28.5 Å². The van der Waals surface area contributed by atoms with Gasteiger partial charge in [-0.1, -0.05) is 30.3 Å². The van der Waals surface area contributed by atoms with Crippen molar-refractivity contribution in [1.82, 2.24) is 5.32 Å². The molecule has 4 rings (SSSR count). The maximum Gasteiger partial charge on any atom is 0.374 e. The summed E-state index contributed by atoms with van der Waals surface area (Å²) in [7, 11) is 0. The first-order valence-electron chi connectivity index (χ1n) is 9.45. The average molecular weight is 378 g/mol. The third-order valence-corrected chi connectivity index (χ3v) is 4.99. The summed E-state index contributed by atoms with van der Waals surface area (Å²) in [6.45, 7) is 2.84. The normalized spacial score (nSPS) is 18.9. The van der Waals surface area contributed by atoms with E-state index in [0.29, 0.717) is 11.3 Å². The Morgan fingerprint density at radius 2 is 2.00 bits per heavy atom. The van der Waals surface area contributed by atoms with Gasteiger partial charge in [0.2, 0.25) is 11.7 Å². The average Bonchev–Trinajstić information content (AvgIpc) is 3.36. The van der Waals surface area contributed by atoms with Crippen molar-refractivity contribution in [1.29, 1.82) is 0 Å². The fourth-order valence-electron chi connectivity index (χ4n) is 3.68. The summed E-state index contributed by atoms with van der Waals surface area (Å²) in [5.74, 6) is -0.263. The molecule has 0 unspecified atom stereocenters. The standard InChI is InChI=1S/C22H22N2O4/c1-2-27-22(26)19-13-15-12-16(8-9-18(15)28-19)24-21(25)20-17(10-11-23-20)14-6-4-3-5-7-14/h3-9,12-13,17,20,23H,2,10-11H2,1H3,(H,24,25)/t17-,20-/m0/s1. The second-order valence-corrected chi connectivity index (χ2v) is 6.81. The number of fused-ring (bicyclic) bond motifs is 1. The van der Waals surface area contributed by atoms with Crippen LogP contribution in [0.5, 0.6) is 0 Å². The van der Waals surface area contributed by atoms with Gasteiger partial charge >= 0.3 is 5.97 Å². The largest absolute Gasteiger partial charge is 0.460 e. The predicted octanol–water partition coefficient (Wildman–Crippen LogP) is 3.69. The zero-order valence-corrected chi connectivity index (χ0v) is 15.6. The van der Waals surface area contributed by atoms with Crippen LogP contribution < -0.4 is 10.6 Å². The zero-order chi connectivity index (χ0) is 19.5. The molecule has 1 aromatic heterocycles. The van der Waals surface area contributed by atoms with E-state index in [9.17, 15) is 9.59 Å². The van der Waals surface area contributed by atoms with Crippen LogP contribution in [-0.4, -0.2) is 31.1 Å². The van der Waals surface area contributed by atoms with E-state index in [-0.39, 0.29) is 30.2 Å². The number of nitrogens with one attached hydrogen (secondary N) is 2. The number of carbonyl (C=O) groups excluding carboxylic acids is 2. The molecule has 2 N–H and O–H groups in total. The van der Waals surface area contributed by atoms with Gasteiger partial charge in [0.1, 0.15) is 5.58 Å². The van der Waals surface area contributed by atoms with Crippen LogP contribution in [0.25, 0.3) is 11.0 Å². The van der Waals surface area contributed by atoms with Gasteiger partial charge in [-0.05, 0) is 49.7 Å². The molecule has 2 heterocycles. The Morgan fingerprint density at radius 3 is 2.79 bits per heavy atom. The van der Waals surface area contributed by atoms with E-state index >= 15 is 0 Å². The third kappa shape index (κ3) is 3.64. The molecule has 0 bridgehead atoms. The van der Waals surface area contributed by atoms with Gasteiger partial charge in [0.05, 0.1) is 12.6 Å². The molecule has 1 aliphatic heterocycles. The molecule has 2 atom stereocenters. The highest BCUT2D eigenvalue weighted by atomic mass is 16.5. The highest BCUT2D eigenvalue weighted by molar-refractivity contribution is 5.98. The fraction of sp³-hybridized carbons (Fsp3) is 0.273. The van der Waals surface area contributed by atoms with Crippen molar-refractivity contribution in [2.75, 3.05) is 18.5 Å². The SMILES string of the molecule is CCOC(=O)c1cc2cc(NC(=O)[C@H]3NCC[C@H]3c3ccccc3)ccc2o1. The van der Waals surface area contributed by atoms with E-state index in [1.807, 2.05) is 18.2 Å². The fourth-order valence-corrected chi connectivity index (χ4v) is 3.68. The second kappa shape index (κ2) is 7.86. The Hall–Kier alpha value is -3.12. The van der Waals surface area contributed by atoms with Crippen molar-refractivity contribution in [3.05, 3.63) is 65.9 Å². The zero-order valence-electron chi connectivity index (χ0n) is 15.6. The van der Waals surface area contributed by atoms with Crippen LogP contribution in [0.1, 0.15) is 35.4 Å². The highest BCUT2D eigenvalue weighted by Crippen LogP contribution is 2.29.